The molecule has 0 fully saturated rings. The van der Waals surface area contributed by atoms with Crippen LogP contribution in [0.5, 0.6) is 0 Å². The van der Waals surface area contributed by atoms with Crippen molar-refractivity contribution < 1.29 is 0 Å². The molecule has 158 valence electrons. The van der Waals surface area contributed by atoms with Gasteiger partial charge in [-0.25, -0.2) is 9.78 Å². The van der Waals surface area contributed by atoms with Crippen molar-refractivity contribution in [2.75, 3.05) is 0 Å². The summed E-state index contributed by atoms with van der Waals surface area (Å²) in [5, 5.41) is 0. The minimum Gasteiger partial charge on any atom is -0.340 e. The van der Waals surface area contributed by atoms with Crippen LogP contribution in [0, 0.1) is 5.92 Å². The molecule has 5 nitrogen and oxygen atoms in total. The van der Waals surface area contributed by atoms with E-state index in [4.69, 9.17) is 4.98 Å². The van der Waals surface area contributed by atoms with E-state index in [0.29, 0.717) is 5.92 Å². The number of nitrogens with one attached hydrogen (secondary N) is 1. The van der Waals surface area contributed by atoms with Gasteiger partial charge in [-0.1, -0.05) is 39.0 Å². The molecular formula is C25H32N4O. The van der Waals surface area contributed by atoms with E-state index in [-0.39, 0.29) is 17.8 Å². The van der Waals surface area contributed by atoms with Crippen LogP contribution in [0.1, 0.15) is 70.9 Å². The first-order valence-corrected chi connectivity index (χ1v) is 11.1. The molecule has 0 bridgehead atoms. The van der Waals surface area contributed by atoms with Crippen molar-refractivity contribution >= 4 is 22.1 Å². The predicted octanol–water partition coefficient (Wildman–Crippen LogP) is 5.85. The third-order valence-corrected chi connectivity index (χ3v) is 5.95. The topological polar surface area (TPSA) is 55.6 Å². The molecule has 0 radical (unpaired) electrons. The summed E-state index contributed by atoms with van der Waals surface area (Å²) in [6, 6.07) is 14.5. The Morgan fingerprint density at radius 2 is 1.67 bits per heavy atom. The highest BCUT2D eigenvalue weighted by Crippen LogP contribution is 2.29. The zero-order chi connectivity index (χ0) is 21.4. The molecule has 1 unspecified atom stereocenters. The molecule has 2 heterocycles. The molecule has 1 N–H and O–H groups in total. The number of fused-ring (bicyclic) bond motifs is 2. The number of hydrogen-bond acceptors (Lipinski definition) is 2. The molecule has 0 saturated heterocycles. The van der Waals surface area contributed by atoms with Gasteiger partial charge >= 0.3 is 5.69 Å². The zero-order valence-electron chi connectivity index (χ0n) is 18.6. The van der Waals surface area contributed by atoms with Crippen LogP contribution in [0.15, 0.2) is 47.3 Å². The van der Waals surface area contributed by atoms with Crippen molar-refractivity contribution in [3.63, 3.8) is 0 Å². The molecule has 4 aromatic rings. The third kappa shape index (κ3) is 3.57. The summed E-state index contributed by atoms with van der Waals surface area (Å²) >= 11 is 0. The van der Waals surface area contributed by atoms with Crippen molar-refractivity contribution in [2.24, 2.45) is 5.92 Å². The Morgan fingerprint density at radius 3 is 2.30 bits per heavy atom. The highest BCUT2D eigenvalue weighted by atomic mass is 16.1. The van der Waals surface area contributed by atoms with Crippen LogP contribution in [-0.4, -0.2) is 19.1 Å². The summed E-state index contributed by atoms with van der Waals surface area (Å²) in [7, 11) is 0. The monoisotopic (exact) mass is 404 g/mol. The molecule has 0 saturated carbocycles. The molecule has 5 heteroatoms. The second-order valence-corrected chi connectivity index (χ2v) is 8.92. The second-order valence-electron chi connectivity index (χ2n) is 8.92. The fourth-order valence-electron chi connectivity index (χ4n) is 4.33. The SMILES string of the molecule is CCc1ccc2nc(C(CCC(C)C)n3c(=O)n(C(C)C)c4ccccc43)[nH]c2c1. The number of nitrogens with zero attached hydrogens (tertiary/aromatic N) is 3. The van der Waals surface area contributed by atoms with Crippen LogP contribution < -0.4 is 5.69 Å². The largest absolute Gasteiger partial charge is 0.340 e. The first-order chi connectivity index (χ1) is 14.4. The molecule has 0 amide bonds. The van der Waals surface area contributed by atoms with Crippen molar-refractivity contribution in [1.29, 1.82) is 0 Å². The Kier molecular flexibility index (Phi) is 5.54. The van der Waals surface area contributed by atoms with Gasteiger partial charge in [-0.05, 0) is 68.9 Å². The maximum atomic E-state index is 13.6. The van der Waals surface area contributed by atoms with E-state index in [0.717, 1.165) is 47.2 Å². The summed E-state index contributed by atoms with van der Waals surface area (Å²) in [5.41, 5.74) is 5.27. The van der Waals surface area contributed by atoms with Gasteiger partial charge in [-0.2, -0.15) is 0 Å². The lowest BCUT2D eigenvalue weighted by Gasteiger charge is -2.18. The molecule has 0 aliphatic carbocycles. The fourth-order valence-corrected chi connectivity index (χ4v) is 4.33. The number of aryl methyl sites for hydroxylation is 1. The van der Waals surface area contributed by atoms with Crippen LogP contribution in [0.25, 0.3) is 22.1 Å². The van der Waals surface area contributed by atoms with Gasteiger partial charge in [0.15, 0.2) is 0 Å². The first kappa shape index (κ1) is 20.5. The van der Waals surface area contributed by atoms with Crippen LogP contribution in [0.4, 0.5) is 0 Å². The van der Waals surface area contributed by atoms with Gasteiger partial charge in [0.25, 0.3) is 0 Å². The van der Waals surface area contributed by atoms with E-state index in [1.54, 1.807) is 0 Å². The standard InChI is InChI=1S/C25H32N4O/c1-6-18-12-13-19-20(15-18)27-24(26-19)23(14-11-16(2)3)29-22-10-8-7-9-21(22)28(17(4)5)25(29)30/h7-10,12-13,15-17,23H,6,11,14H2,1-5H3,(H,26,27). The number of hydrogen-bond donors (Lipinski definition) is 1. The van der Waals surface area contributed by atoms with E-state index in [9.17, 15) is 4.79 Å². The molecule has 0 aliphatic rings. The van der Waals surface area contributed by atoms with Gasteiger partial charge < -0.3 is 4.98 Å². The van der Waals surface area contributed by atoms with E-state index >= 15 is 0 Å². The Balaban J connectivity index is 1.93. The molecule has 30 heavy (non-hydrogen) atoms. The summed E-state index contributed by atoms with van der Waals surface area (Å²) in [4.78, 5) is 22.1. The van der Waals surface area contributed by atoms with Gasteiger partial charge in [0.2, 0.25) is 0 Å². The first-order valence-electron chi connectivity index (χ1n) is 11.1. The van der Waals surface area contributed by atoms with E-state index in [2.05, 4.69) is 63.9 Å². The molecule has 0 spiro atoms. The quantitative estimate of drug-likeness (QED) is 0.420. The lowest BCUT2D eigenvalue weighted by Crippen LogP contribution is -2.29. The van der Waals surface area contributed by atoms with E-state index < -0.39 is 0 Å². The van der Waals surface area contributed by atoms with Gasteiger partial charge in [-0.3, -0.25) is 9.13 Å². The van der Waals surface area contributed by atoms with Crippen LogP contribution in [0.3, 0.4) is 0 Å². The van der Waals surface area contributed by atoms with Crippen molar-refractivity contribution in [3.05, 3.63) is 64.3 Å². The molecule has 2 aromatic carbocycles. The Labute approximate surface area is 177 Å². The number of para-hydroxylation sites is 2. The van der Waals surface area contributed by atoms with Crippen LogP contribution in [0.2, 0.25) is 0 Å². The summed E-state index contributed by atoms with van der Waals surface area (Å²) < 4.78 is 3.85. The third-order valence-electron chi connectivity index (χ3n) is 5.95. The maximum absolute atomic E-state index is 13.6. The van der Waals surface area contributed by atoms with Gasteiger partial charge in [0, 0.05) is 6.04 Å². The lowest BCUT2D eigenvalue weighted by molar-refractivity contribution is 0.438. The average molecular weight is 405 g/mol. The Hall–Kier alpha value is -2.82. The lowest BCUT2D eigenvalue weighted by atomic mass is 10.0. The number of benzene rings is 2. The number of imidazole rings is 2. The zero-order valence-corrected chi connectivity index (χ0v) is 18.6. The van der Waals surface area contributed by atoms with Gasteiger partial charge in [0.1, 0.15) is 5.82 Å². The highest BCUT2D eigenvalue weighted by Gasteiger charge is 2.25. The molecule has 1 atom stereocenters. The highest BCUT2D eigenvalue weighted by molar-refractivity contribution is 5.78. The molecular weight excluding hydrogens is 372 g/mol. The number of aromatic amines is 1. The number of H-pyrrole nitrogens is 1. The van der Waals surface area contributed by atoms with Crippen molar-refractivity contribution in [1.82, 2.24) is 19.1 Å². The van der Waals surface area contributed by atoms with Crippen molar-refractivity contribution in [2.45, 2.75) is 66.0 Å². The fraction of sp³-hybridized carbons (Fsp3) is 0.440. The second kappa shape index (κ2) is 8.13. The minimum atomic E-state index is -0.123. The average Bonchev–Trinajstić information content (AvgIpc) is 3.26. The van der Waals surface area contributed by atoms with E-state index in [1.165, 1.54) is 5.56 Å². The predicted molar refractivity (Wildman–Crippen MR) is 124 cm³/mol. The maximum Gasteiger partial charge on any atom is 0.330 e. The smallest absolute Gasteiger partial charge is 0.330 e. The number of aromatic nitrogens is 4. The summed E-state index contributed by atoms with van der Waals surface area (Å²) in [6.07, 6.45) is 2.88. The van der Waals surface area contributed by atoms with Gasteiger partial charge in [-0.15, -0.1) is 0 Å². The summed E-state index contributed by atoms with van der Waals surface area (Å²) in [6.45, 7) is 10.7. The summed E-state index contributed by atoms with van der Waals surface area (Å²) in [5.74, 6) is 1.42. The molecule has 2 aromatic heterocycles. The van der Waals surface area contributed by atoms with Crippen molar-refractivity contribution in [3.8, 4) is 0 Å². The molecule has 4 rings (SSSR count). The normalized spacial score (nSPS) is 13.2. The minimum absolute atomic E-state index is 0.0367. The van der Waals surface area contributed by atoms with Gasteiger partial charge in [0.05, 0.1) is 28.1 Å². The number of rotatable bonds is 7. The Bertz CT molecular complexity index is 1230. The Morgan fingerprint density at radius 1 is 0.967 bits per heavy atom. The molecule has 0 aliphatic heterocycles. The van der Waals surface area contributed by atoms with Crippen LogP contribution in [-0.2, 0) is 6.42 Å². The van der Waals surface area contributed by atoms with Crippen LogP contribution >= 0.6 is 0 Å². The van der Waals surface area contributed by atoms with E-state index in [1.807, 2.05) is 27.3 Å².